The molecule has 0 amide bonds. The van der Waals surface area contributed by atoms with Gasteiger partial charge in [-0.05, 0) is 44.4 Å². The quantitative estimate of drug-likeness (QED) is 0.765. The molecule has 3 heteroatoms. The maximum atomic E-state index is 12.8. The first-order valence-corrected chi connectivity index (χ1v) is 7.21. The lowest BCUT2D eigenvalue weighted by molar-refractivity contribution is 0.0570. The highest BCUT2D eigenvalue weighted by Gasteiger charge is 2.41. The zero-order valence-electron chi connectivity index (χ0n) is 11.4. The monoisotopic (exact) mass is 246 g/mol. The minimum absolute atomic E-state index is 0.280. The Morgan fingerprint density at radius 2 is 1.83 bits per heavy atom. The van der Waals surface area contributed by atoms with Gasteiger partial charge >= 0.3 is 0 Å². The van der Waals surface area contributed by atoms with Gasteiger partial charge in [0.1, 0.15) is 11.5 Å². The molecule has 1 heterocycles. The molecule has 0 unspecified atom stereocenters. The summed E-state index contributed by atoms with van der Waals surface area (Å²) < 4.78 is 1.95. The number of aryl methyl sites for hydroxylation is 1. The molecule has 2 fully saturated rings. The Labute approximate surface area is 109 Å². The van der Waals surface area contributed by atoms with Gasteiger partial charge in [0.15, 0.2) is 5.78 Å². The Balaban J connectivity index is 1.85. The molecular formula is C15H22N2O. The van der Waals surface area contributed by atoms with Crippen LogP contribution in [0.5, 0.6) is 0 Å². The smallest absolute Gasteiger partial charge is 0.184 e. The molecule has 0 saturated heterocycles. The van der Waals surface area contributed by atoms with Crippen molar-refractivity contribution in [1.82, 2.24) is 9.55 Å². The summed E-state index contributed by atoms with van der Waals surface area (Å²) in [6.45, 7) is 1.96. The van der Waals surface area contributed by atoms with E-state index in [1.54, 1.807) is 6.20 Å². The van der Waals surface area contributed by atoms with Crippen LogP contribution in [0.15, 0.2) is 6.20 Å². The summed E-state index contributed by atoms with van der Waals surface area (Å²) in [5.74, 6) is 2.87. The Kier molecular flexibility index (Phi) is 3.00. The van der Waals surface area contributed by atoms with Gasteiger partial charge in [0, 0.05) is 13.0 Å². The number of aromatic nitrogens is 2. The average molecular weight is 246 g/mol. The van der Waals surface area contributed by atoms with E-state index in [9.17, 15) is 4.79 Å². The second-order valence-corrected chi connectivity index (χ2v) is 6.02. The third-order valence-electron chi connectivity index (χ3n) is 5.09. The third kappa shape index (κ3) is 1.80. The molecule has 0 radical (unpaired) electrons. The lowest BCUT2D eigenvalue weighted by Gasteiger charge is -2.41. The van der Waals surface area contributed by atoms with Gasteiger partial charge in [-0.3, -0.25) is 4.79 Å². The fraction of sp³-hybridized carbons (Fsp3) is 0.733. The zero-order chi connectivity index (χ0) is 12.7. The van der Waals surface area contributed by atoms with Crippen molar-refractivity contribution in [2.24, 2.45) is 24.8 Å². The van der Waals surface area contributed by atoms with Crippen LogP contribution in [0, 0.1) is 24.7 Å². The molecule has 0 N–H and O–H groups in total. The van der Waals surface area contributed by atoms with E-state index in [1.165, 1.54) is 38.5 Å². The molecule has 2 aliphatic carbocycles. The van der Waals surface area contributed by atoms with E-state index in [0.717, 1.165) is 11.5 Å². The van der Waals surface area contributed by atoms with Crippen LogP contribution in [0.1, 0.15) is 54.8 Å². The van der Waals surface area contributed by atoms with E-state index in [-0.39, 0.29) is 5.92 Å². The summed E-state index contributed by atoms with van der Waals surface area (Å²) in [6.07, 6.45) is 9.40. The number of nitrogens with zero attached hydrogens (tertiary/aromatic N) is 2. The molecule has 3 nitrogen and oxygen atoms in total. The fourth-order valence-corrected chi connectivity index (χ4v) is 3.31. The Morgan fingerprint density at radius 1 is 1.28 bits per heavy atom. The summed E-state index contributed by atoms with van der Waals surface area (Å²) in [5.41, 5.74) is 0.816. The Hall–Kier alpha value is -1.12. The van der Waals surface area contributed by atoms with Crippen molar-refractivity contribution in [3.05, 3.63) is 17.7 Å². The molecule has 1 aromatic heterocycles. The molecule has 2 saturated carbocycles. The maximum Gasteiger partial charge on any atom is 0.184 e. The predicted octanol–water partition coefficient (Wildman–Crippen LogP) is 3.13. The first-order valence-electron chi connectivity index (χ1n) is 7.21. The van der Waals surface area contributed by atoms with Crippen molar-refractivity contribution >= 4 is 5.78 Å². The molecular weight excluding hydrogens is 224 g/mol. The van der Waals surface area contributed by atoms with Crippen molar-refractivity contribution < 1.29 is 4.79 Å². The summed E-state index contributed by atoms with van der Waals surface area (Å²) in [4.78, 5) is 17.1. The lowest BCUT2D eigenvalue weighted by atomic mass is 9.63. The molecule has 18 heavy (non-hydrogen) atoms. The number of Topliss-reactive ketones (excluding diaryl/α,β-unsaturated/α-hetero) is 1. The third-order valence-corrected chi connectivity index (χ3v) is 5.09. The van der Waals surface area contributed by atoms with Crippen LogP contribution in [-0.2, 0) is 7.05 Å². The van der Waals surface area contributed by atoms with Gasteiger partial charge in [0.2, 0.25) is 0 Å². The first kappa shape index (κ1) is 11.9. The molecule has 0 bridgehead atoms. The number of hydrogen-bond donors (Lipinski definition) is 0. The minimum atomic E-state index is 0.280. The molecule has 0 spiro atoms. The van der Waals surface area contributed by atoms with Crippen molar-refractivity contribution in [2.75, 3.05) is 0 Å². The fourth-order valence-electron chi connectivity index (χ4n) is 3.31. The van der Waals surface area contributed by atoms with Gasteiger partial charge in [0.25, 0.3) is 0 Å². The number of imidazole rings is 1. The number of hydrogen-bond acceptors (Lipinski definition) is 2. The summed E-state index contributed by atoms with van der Waals surface area (Å²) in [6, 6.07) is 0. The van der Waals surface area contributed by atoms with E-state index in [1.807, 2.05) is 18.5 Å². The van der Waals surface area contributed by atoms with Crippen LogP contribution >= 0.6 is 0 Å². The minimum Gasteiger partial charge on any atom is -0.329 e. The van der Waals surface area contributed by atoms with Crippen LogP contribution in [0.3, 0.4) is 0 Å². The number of ketones is 1. The highest BCUT2D eigenvalue weighted by atomic mass is 16.1. The predicted molar refractivity (Wildman–Crippen MR) is 70.4 cm³/mol. The zero-order valence-corrected chi connectivity index (χ0v) is 11.4. The normalized spacial score (nSPS) is 20.8. The van der Waals surface area contributed by atoms with Gasteiger partial charge < -0.3 is 4.57 Å². The van der Waals surface area contributed by atoms with Gasteiger partial charge in [-0.2, -0.15) is 0 Å². The molecule has 3 rings (SSSR count). The summed E-state index contributed by atoms with van der Waals surface area (Å²) >= 11 is 0. The van der Waals surface area contributed by atoms with Gasteiger partial charge in [-0.25, -0.2) is 4.98 Å². The van der Waals surface area contributed by atoms with E-state index in [0.29, 0.717) is 17.6 Å². The van der Waals surface area contributed by atoms with Crippen molar-refractivity contribution in [1.29, 1.82) is 0 Å². The van der Waals surface area contributed by atoms with Crippen molar-refractivity contribution in [3.8, 4) is 0 Å². The van der Waals surface area contributed by atoms with E-state index < -0.39 is 0 Å². The maximum absolute atomic E-state index is 12.8. The second-order valence-electron chi connectivity index (χ2n) is 6.02. The highest BCUT2D eigenvalue weighted by molar-refractivity contribution is 5.96. The summed E-state index contributed by atoms with van der Waals surface area (Å²) in [7, 11) is 1.95. The highest BCUT2D eigenvalue weighted by Crippen LogP contribution is 2.45. The number of carbonyl (C=O) groups excluding carboxylic acids is 1. The average Bonchev–Trinajstić information content (AvgIpc) is 2.53. The first-order chi connectivity index (χ1) is 8.68. The standard InChI is InChI=1S/C15H22N2O/c1-10-16-9-13(17(10)2)15(18)14(11-5-3-6-11)12-7-4-8-12/h9,11-12,14H,3-8H2,1-2H3. The number of rotatable bonds is 4. The van der Waals surface area contributed by atoms with Crippen molar-refractivity contribution in [2.45, 2.75) is 45.4 Å². The summed E-state index contributed by atoms with van der Waals surface area (Å²) in [5, 5.41) is 0. The Bertz CT molecular complexity index is 441. The van der Waals surface area contributed by atoms with Gasteiger partial charge in [-0.1, -0.05) is 12.8 Å². The molecule has 98 valence electrons. The molecule has 0 atom stereocenters. The molecule has 2 aliphatic rings. The molecule has 0 aliphatic heterocycles. The van der Waals surface area contributed by atoms with Crippen LogP contribution in [0.25, 0.3) is 0 Å². The van der Waals surface area contributed by atoms with Crippen LogP contribution in [0.4, 0.5) is 0 Å². The van der Waals surface area contributed by atoms with E-state index in [4.69, 9.17) is 0 Å². The van der Waals surface area contributed by atoms with Crippen LogP contribution < -0.4 is 0 Å². The SMILES string of the molecule is Cc1ncc(C(=O)C(C2CCC2)C2CCC2)n1C. The topological polar surface area (TPSA) is 34.9 Å². The Morgan fingerprint density at radius 3 is 2.17 bits per heavy atom. The van der Waals surface area contributed by atoms with Gasteiger partial charge in [-0.15, -0.1) is 0 Å². The van der Waals surface area contributed by atoms with E-state index in [2.05, 4.69) is 4.98 Å². The van der Waals surface area contributed by atoms with Gasteiger partial charge in [0.05, 0.1) is 6.20 Å². The molecule has 0 aromatic carbocycles. The van der Waals surface area contributed by atoms with Crippen LogP contribution in [0.2, 0.25) is 0 Å². The largest absolute Gasteiger partial charge is 0.329 e. The number of carbonyl (C=O) groups is 1. The second kappa shape index (κ2) is 4.52. The van der Waals surface area contributed by atoms with E-state index >= 15 is 0 Å². The van der Waals surface area contributed by atoms with Crippen molar-refractivity contribution in [3.63, 3.8) is 0 Å². The van der Waals surface area contributed by atoms with Crippen LogP contribution in [-0.4, -0.2) is 15.3 Å². The lowest BCUT2D eigenvalue weighted by Crippen LogP contribution is -2.38. The molecule has 1 aromatic rings.